The largest absolute Gasteiger partial charge is 0.375 e. The van der Waals surface area contributed by atoms with E-state index < -0.39 is 0 Å². The van der Waals surface area contributed by atoms with Crippen LogP contribution >= 0.6 is 0 Å². The molecule has 0 aromatic rings. The summed E-state index contributed by atoms with van der Waals surface area (Å²) in [6.07, 6.45) is 4.84. The lowest BCUT2D eigenvalue weighted by Crippen LogP contribution is -2.47. The van der Waals surface area contributed by atoms with Crippen molar-refractivity contribution in [2.24, 2.45) is 0 Å². The molecule has 17 heavy (non-hydrogen) atoms. The quantitative estimate of drug-likeness (QED) is 0.720. The van der Waals surface area contributed by atoms with Crippen molar-refractivity contribution in [3.63, 3.8) is 0 Å². The summed E-state index contributed by atoms with van der Waals surface area (Å²) in [5.41, 5.74) is 0. The molecule has 0 aromatic heterocycles. The average molecular weight is 240 g/mol. The summed E-state index contributed by atoms with van der Waals surface area (Å²) in [5.74, 6) is -0.0418. The molecule has 1 rings (SSSR count). The van der Waals surface area contributed by atoms with Crippen LogP contribution in [0.15, 0.2) is 12.2 Å². The number of hydrogen-bond acceptors (Lipinski definition) is 3. The van der Waals surface area contributed by atoms with Crippen LogP contribution in [0.3, 0.4) is 0 Å². The number of hydrogen-bond donors (Lipinski definition) is 1. The normalized spacial score (nSPS) is 17.4. The van der Waals surface area contributed by atoms with Crippen LogP contribution in [-0.4, -0.2) is 49.6 Å². The Kier molecular flexibility index (Phi) is 5.69. The number of rotatable bonds is 4. The standard InChI is InChI=1S/C12H20N2O3/c1-3-4-11(15)13-10-5-7-14(8-6-10)12(16)9-17-2/h3-4,10H,5-9H2,1-2H3,(H,13,15). The molecule has 0 unspecified atom stereocenters. The minimum Gasteiger partial charge on any atom is -0.375 e. The van der Waals surface area contributed by atoms with Gasteiger partial charge in [0.25, 0.3) is 0 Å². The van der Waals surface area contributed by atoms with Crippen molar-refractivity contribution in [1.29, 1.82) is 0 Å². The second-order valence-corrected chi connectivity index (χ2v) is 4.10. The van der Waals surface area contributed by atoms with Gasteiger partial charge in [-0.05, 0) is 25.8 Å². The smallest absolute Gasteiger partial charge is 0.248 e. The molecule has 0 bridgehead atoms. The van der Waals surface area contributed by atoms with Gasteiger partial charge in [0, 0.05) is 26.2 Å². The SMILES string of the molecule is CC=CC(=O)NC1CCN(C(=O)COC)CC1. The highest BCUT2D eigenvalue weighted by atomic mass is 16.5. The monoisotopic (exact) mass is 240 g/mol. The third-order valence-electron chi connectivity index (χ3n) is 2.78. The summed E-state index contributed by atoms with van der Waals surface area (Å²) in [7, 11) is 1.52. The summed E-state index contributed by atoms with van der Waals surface area (Å²) in [4.78, 5) is 24.6. The van der Waals surface area contributed by atoms with Crippen LogP contribution in [0.1, 0.15) is 19.8 Å². The maximum Gasteiger partial charge on any atom is 0.248 e. The van der Waals surface area contributed by atoms with Crippen molar-refractivity contribution >= 4 is 11.8 Å². The molecule has 1 N–H and O–H groups in total. The minimum absolute atomic E-state index is 0.0192. The molecule has 0 aliphatic carbocycles. The molecule has 0 saturated carbocycles. The lowest BCUT2D eigenvalue weighted by atomic mass is 10.0. The first kappa shape index (κ1) is 13.7. The highest BCUT2D eigenvalue weighted by molar-refractivity contribution is 5.87. The van der Waals surface area contributed by atoms with Gasteiger partial charge < -0.3 is 15.0 Å². The predicted molar refractivity (Wildman–Crippen MR) is 64.4 cm³/mol. The van der Waals surface area contributed by atoms with Gasteiger partial charge in [0.2, 0.25) is 11.8 Å². The number of methoxy groups -OCH3 is 1. The second-order valence-electron chi connectivity index (χ2n) is 4.10. The Balaban J connectivity index is 2.30. The Hall–Kier alpha value is -1.36. The summed E-state index contributed by atoms with van der Waals surface area (Å²) >= 11 is 0. The van der Waals surface area contributed by atoms with E-state index in [-0.39, 0.29) is 24.5 Å². The summed E-state index contributed by atoms with van der Waals surface area (Å²) in [5, 5.41) is 2.92. The van der Waals surface area contributed by atoms with Crippen molar-refractivity contribution in [3.05, 3.63) is 12.2 Å². The van der Waals surface area contributed by atoms with Crippen molar-refractivity contribution in [2.75, 3.05) is 26.8 Å². The lowest BCUT2D eigenvalue weighted by molar-refractivity contribution is -0.136. The highest BCUT2D eigenvalue weighted by Gasteiger charge is 2.22. The summed E-state index contributed by atoms with van der Waals surface area (Å²) < 4.78 is 4.81. The topological polar surface area (TPSA) is 58.6 Å². The number of allylic oxidation sites excluding steroid dienone is 1. The number of piperidine rings is 1. The van der Waals surface area contributed by atoms with Gasteiger partial charge in [0.05, 0.1) is 0 Å². The molecular weight excluding hydrogens is 220 g/mol. The molecule has 2 amide bonds. The molecule has 0 aromatic carbocycles. The van der Waals surface area contributed by atoms with Gasteiger partial charge in [-0.25, -0.2) is 0 Å². The van der Waals surface area contributed by atoms with E-state index in [0.29, 0.717) is 13.1 Å². The van der Waals surface area contributed by atoms with Gasteiger partial charge in [-0.1, -0.05) is 6.08 Å². The Morgan fingerprint density at radius 2 is 2.06 bits per heavy atom. The zero-order valence-electron chi connectivity index (χ0n) is 10.4. The number of ether oxygens (including phenoxy) is 1. The minimum atomic E-state index is -0.0610. The number of nitrogens with one attached hydrogen (secondary N) is 1. The zero-order chi connectivity index (χ0) is 12.7. The van der Waals surface area contributed by atoms with E-state index in [0.717, 1.165) is 12.8 Å². The van der Waals surface area contributed by atoms with E-state index in [1.54, 1.807) is 11.0 Å². The molecule has 1 aliphatic heterocycles. The first-order chi connectivity index (χ1) is 8.17. The molecule has 1 saturated heterocycles. The fourth-order valence-corrected chi connectivity index (χ4v) is 1.89. The number of carbonyl (C=O) groups is 2. The van der Waals surface area contributed by atoms with E-state index >= 15 is 0 Å². The predicted octanol–water partition coefficient (Wildman–Crippen LogP) is 0.316. The molecule has 0 radical (unpaired) electrons. The number of likely N-dealkylation sites (tertiary alicyclic amines) is 1. The zero-order valence-corrected chi connectivity index (χ0v) is 10.4. The van der Waals surface area contributed by atoms with Crippen LogP contribution in [0.4, 0.5) is 0 Å². The summed E-state index contributed by atoms with van der Waals surface area (Å²) in [6.45, 7) is 3.31. The van der Waals surface area contributed by atoms with Crippen molar-refractivity contribution in [3.8, 4) is 0 Å². The maximum atomic E-state index is 11.5. The van der Waals surface area contributed by atoms with Gasteiger partial charge in [-0.2, -0.15) is 0 Å². The Labute approximate surface area is 102 Å². The average Bonchev–Trinajstić information content (AvgIpc) is 2.30. The first-order valence-corrected chi connectivity index (χ1v) is 5.87. The molecule has 5 nitrogen and oxygen atoms in total. The number of carbonyl (C=O) groups excluding carboxylic acids is 2. The maximum absolute atomic E-state index is 11.5. The van der Waals surface area contributed by atoms with Crippen LogP contribution in [0.5, 0.6) is 0 Å². The van der Waals surface area contributed by atoms with Crippen LogP contribution in [0, 0.1) is 0 Å². The Bertz CT molecular complexity index is 294. The van der Waals surface area contributed by atoms with Crippen LogP contribution < -0.4 is 5.32 Å². The van der Waals surface area contributed by atoms with E-state index in [4.69, 9.17) is 4.74 Å². The molecular formula is C12H20N2O3. The van der Waals surface area contributed by atoms with Gasteiger partial charge in [-0.15, -0.1) is 0 Å². The van der Waals surface area contributed by atoms with Crippen LogP contribution in [0.25, 0.3) is 0 Å². The van der Waals surface area contributed by atoms with E-state index in [1.165, 1.54) is 13.2 Å². The van der Waals surface area contributed by atoms with Crippen LogP contribution in [0.2, 0.25) is 0 Å². The number of nitrogens with zero attached hydrogens (tertiary/aromatic N) is 1. The Morgan fingerprint density at radius 3 is 2.59 bits per heavy atom. The van der Waals surface area contributed by atoms with E-state index in [2.05, 4.69) is 5.32 Å². The van der Waals surface area contributed by atoms with Gasteiger partial charge in [0.1, 0.15) is 6.61 Å². The summed E-state index contributed by atoms with van der Waals surface area (Å²) in [6, 6.07) is 0.172. The molecule has 0 spiro atoms. The van der Waals surface area contributed by atoms with Gasteiger partial charge in [0.15, 0.2) is 0 Å². The van der Waals surface area contributed by atoms with Gasteiger partial charge >= 0.3 is 0 Å². The fraction of sp³-hybridized carbons (Fsp3) is 0.667. The molecule has 0 atom stereocenters. The van der Waals surface area contributed by atoms with E-state index in [1.807, 2.05) is 6.92 Å². The lowest BCUT2D eigenvalue weighted by Gasteiger charge is -2.32. The fourth-order valence-electron chi connectivity index (χ4n) is 1.89. The third-order valence-corrected chi connectivity index (χ3v) is 2.78. The molecule has 5 heteroatoms. The highest BCUT2D eigenvalue weighted by Crippen LogP contribution is 2.10. The molecule has 1 fully saturated rings. The third kappa shape index (κ3) is 4.56. The Morgan fingerprint density at radius 1 is 1.41 bits per heavy atom. The van der Waals surface area contributed by atoms with Crippen molar-refractivity contribution in [2.45, 2.75) is 25.8 Å². The first-order valence-electron chi connectivity index (χ1n) is 5.87. The van der Waals surface area contributed by atoms with Gasteiger partial charge in [-0.3, -0.25) is 9.59 Å². The van der Waals surface area contributed by atoms with Crippen LogP contribution in [-0.2, 0) is 14.3 Å². The van der Waals surface area contributed by atoms with E-state index in [9.17, 15) is 9.59 Å². The van der Waals surface area contributed by atoms with Crippen molar-refractivity contribution < 1.29 is 14.3 Å². The molecule has 1 aliphatic rings. The second kappa shape index (κ2) is 7.06. The molecule has 1 heterocycles. The molecule has 96 valence electrons. The number of amides is 2. The van der Waals surface area contributed by atoms with Crippen molar-refractivity contribution in [1.82, 2.24) is 10.2 Å².